The van der Waals surface area contributed by atoms with E-state index in [4.69, 9.17) is 16.0 Å². The van der Waals surface area contributed by atoms with Gasteiger partial charge in [-0.2, -0.15) is 0 Å². The van der Waals surface area contributed by atoms with Crippen LogP contribution >= 0.6 is 11.6 Å². The minimum Gasteiger partial charge on any atom is -0.469 e. The minimum atomic E-state index is -0.384. The molecule has 0 bridgehead atoms. The number of carbonyl (C=O) groups excluding carboxylic acids is 1. The zero-order valence-corrected chi connectivity index (χ0v) is 12.4. The van der Waals surface area contributed by atoms with Gasteiger partial charge in [-0.15, -0.1) is 0 Å². The molecule has 1 aliphatic rings. The summed E-state index contributed by atoms with van der Waals surface area (Å²) in [5, 5.41) is 0.345. The molecule has 1 fully saturated rings. The van der Waals surface area contributed by atoms with E-state index in [1.807, 2.05) is 0 Å². The van der Waals surface area contributed by atoms with Gasteiger partial charge in [-0.05, 0) is 38.0 Å². The average Bonchev–Trinajstić information content (AvgIpc) is 3.19. The van der Waals surface area contributed by atoms with Gasteiger partial charge in [-0.3, -0.25) is 4.79 Å². The molecule has 21 heavy (non-hydrogen) atoms. The topological polar surface area (TPSA) is 33.5 Å². The molecule has 110 valence electrons. The molecule has 2 aromatic rings. The number of aryl methyl sites for hydroxylation is 1. The van der Waals surface area contributed by atoms with Crippen molar-refractivity contribution in [3.8, 4) is 0 Å². The fourth-order valence-electron chi connectivity index (χ4n) is 2.37. The summed E-state index contributed by atoms with van der Waals surface area (Å²) in [6, 6.07) is 6.36. The van der Waals surface area contributed by atoms with Crippen LogP contribution in [-0.4, -0.2) is 16.8 Å². The van der Waals surface area contributed by atoms with Crippen LogP contribution in [0.1, 0.15) is 34.5 Å². The van der Waals surface area contributed by atoms with Crippen LogP contribution < -0.4 is 0 Å². The van der Waals surface area contributed by atoms with E-state index in [9.17, 15) is 9.18 Å². The summed E-state index contributed by atoms with van der Waals surface area (Å²) in [7, 11) is 0. The number of hydrogen-bond donors (Lipinski definition) is 0. The number of furan rings is 1. The third-order valence-corrected chi connectivity index (χ3v) is 4.08. The summed E-state index contributed by atoms with van der Waals surface area (Å²) < 4.78 is 19.1. The predicted octanol–water partition coefficient (Wildman–Crippen LogP) is 4.19. The second-order valence-electron chi connectivity index (χ2n) is 5.25. The highest BCUT2D eigenvalue weighted by molar-refractivity contribution is 6.31. The zero-order chi connectivity index (χ0) is 15.0. The lowest BCUT2D eigenvalue weighted by Crippen LogP contribution is -2.33. The van der Waals surface area contributed by atoms with Crippen LogP contribution in [0.3, 0.4) is 0 Å². The number of halogens is 2. The number of carbonyl (C=O) groups is 1. The van der Waals surface area contributed by atoms with E-state index in [1.165, 1.54) is 12.3 Å². The molecule has 1 aromatic carbocycles. The Bertz CT molecular complexity index is 658. The monoisotopic (exact) mass is 307 g/mol. The number of rotatable bonds is 4. The third-order valence-electron chi connectivity index (χ3n) is 3.73. The van der Waals surface area contributed by atoms with Gasteiger partial charge >= 0.3 is 0 Å². The van der Waals surface area contributed by atoms with Crippen LogP contribution in [0.15, 0.2) is 34.9 Å². The number of hydrogen-bond acceptors (Lipinski definition) is 2. The highest BCUT2D eigenvalue weighted by Gasteiger charge is 2.34. The van der Waals surface area contributed by atoms with Crippen LogP contribution in [0.5, 0.6) is 0 Å². The van der Waals surface area contributed by atoms with Gasteiger partial charge in [0.05, 0.1) is 18.4 Å². The van der Waals surface area contributed by atoms with Gasteiger partial charge in [0, 0.05) is 16.6 Å². The number of nitrogens with zero attached hydrogens (tertiary/aromatic N) is 1. The minimum absolute atomic E-state index is 0.136. The fourth-order valence-corrected chi connectivity index (χ4v) is 2.59. The highest BCUT2D eigenvalue weighted by Crippen LogP contribution is 2.32. The van der Waals surface area contributed by atoms with Crippen LogP contribution in [0.4, 0.5) is 4.39 Å². The van der Waals surface area contributed by atoms with Gasteiger partial charge in [-0.25, -0.2) is 4.39 Å². The molecule has 0 spiro atoms. The first-order chi connectivity index (χ1) is 10.1. The second-order valence-corrected chi connectivity index (χ2v) is 5.66. The van der Waals surface area contributed by atoms with Crippen molar-refractivity contribution in [1.82, 2.24) is 4.90 Å². The molecule has 1 aliphatic carbocycles. The lowest BCUT2D eigenvalue weighted by atomic mass is 10.1. The maximum absolute atomic E-state index is 13.9. The lowest BCUT2D eigenvalue weighted by molar-refractivity contribution is 0.0726. The predicted molar refractivity (Wildman–Crippen MR) is 77.8 cm³/mol. The molecule has 0 radical (unpaired) electrons. The average molecular weight is 308 g/mol. The Balaban J connectivity index is 1.89. The standard InChI is InChI=1S/C16H15ClFNO2/c1-10-12(7-8-21-10)16(20)19(11-5-6-11)9-13-14(17)3-2-4-15(13)18/h2-4,7-8,11H,5-6,9H2,1H3. The Morgan fingerprint density at radius 3 is 2.76 bits per heavy atom. The maximum atomic E-state index is 13.9. The third kappa shape index (κ3) is 2.81. The van der Waals surface area contributed by atoms with Crippen molar-refractivity contribution in [2.24, 2.45) is 0 Å². The molecule has 5 heteroatoms. The van der Waals surface area contributed by atoms with Gasteiger partial charge in [0.2, 0.25) is 0 Å². The van der Waals surface area contributed by atoms with Gasteiger partial charge in [0.15, 0.2) is 0 Å². The molecule has 3 nitrogen and oxygen atoms in total. The molecule has 0 saturated heterocycles. The normalized spacial score (nSPS) is 14.2. The van der Waals surface area contributed by atoms with E-state index in [0.29, 0.717) is 21.9 Å². The van der Waals surface area contributed by atoms with Crippen molar-refractivity contribution in [3.63, 3.8) is 0 Å². The van der Waals surface area contributed by atoms with E-state index in [-0.39, 0.29) is 24.3 Å². The Kier molecular flexibility index (Phi) is 3.72. The number of benzene rings is 1. The zero-order valence-electron chi connectivity index (χ0n) is 11.6. The summed E-state index contributed by atoms with van der Waals surface area (Å²) in [4.78, 5) is 14.3. The Morgan fingerprint density at radius 1 is 1.43 bits per heavy atom. The Hall–Kier alpha value is -1.81. The summed E-state index contributed by atoms with van der Waals surface area (Å²) in [6.07, 6.45) is 3.37. The quantitative estimate of drug-likeness (QED) is 0.849. The van der Waals surface area contributed by atoms with E-state index >= 15 is 0 Å². The van der Waals surface area contributed by atoms with Crippen LogP contribution in [-0.2, 0) is 6.54 Å². The van der Waals surface area contributed by atoms with Crippen molar-refractivity contribution >= 4 is 17.5 Å². The van der Waals surface area contributed by atoms with Gasteiger partial charge in [-0.1, -0.05) is 17.7 Å². The first kappa shape index (κ1) is 14.1. The molecule has 1 amide bonds. The molecule has 1 aromatic heterocycles. The van der Waals surface area contributed by atoms with Crippen molar-refractivity contribution in [1.29, 1.82) is 0 Å². The van der Waals surface area contributed by atoms with Gasteiger partial charge < -0.3 is 9.32 Å². The lowest BCUT2D eigenvalue weighted by Gasteiger charge is -2.23. The molecule has 0 unspecified atom stereocenters. The molecule has 0 atom stereocenters. The van der Waals surface area contributed by atoms with E-state index < -0.39 is 0 Å². The first-order valence-electron chi connectivity index (χ1n) is 6.86. The summed E-state index contributed by atoms with van der Waals surface area (Å²) in [6.45, 7) is 1.92. The van der Waals surface area contributed by atoms with E-state index in [2.05, 4.69) is 0 Å². The molecule has 1 heterocycles. The van der Waals surface area contributed by atoms with Gasteiger partial charge in [0.25, 0.3) is 5.91 Å². The molecular formula is C16H15ClFNO2. The molecule has 0 N–H and O–H groups in total. The summed E-state index contributed by atoms with van der Waals surface area (Å²) in [5.74, 6) is 0.0539. The largest absolute Gasteiger partial charge is 0.469 e. The first-order valence-corrected chi connectivity index (χ1v) is 7.23. The van der Waals surface area contributed by atoms with Crippen LogP contribution in [0, 0.1) is 12.7 Å². The van der Waals surface area contributed by atoms with Crippen molar-refractivity contribution in [2.45, 2.75) is 32.4 Å². The SMILES string of the molecule is Cc1occc1C(=O)N(Cc1c(F)cccc1Cl)C1CC1. The highest BCUT2D eigenvalue weighted by atomic mass is 35.5. The fraction of sp³-hybridized carbons (Fsp3) is 0.312. The molecule has 0 aliphatic heterocycles. The number of amides is 1. The van der Waals surface area contributed by atoms with Gasteiger partial charge in [0.1, 0.15) is 11.6 Å². The summed E-state index contributed by atoms with van der Waals surface area (Å²) >= 11 is 6.06. The molecular weight excluding hydrogens is 293 g/mol. The maximum Gasteiger partial charge on any atom is 0.257 e. The van der Waals surface area contributed by atoms with Crippen molar-refractivity contribution in [3.05, 3.63) is 58.3 Å². The van der Waals surface area contributed by atoms with E-state index in [0.717, 1.165) is 12.8 Å². The Labute approximate surface area is 127 Å². The summed E-state index contributed by atoms with van der Waals surface area (Å²) in [5.41, 5.74) is 0.884. The van der Waals surface area contributed by atoms with Crippen molar-refractivity contribution in [2.75, 3.05) is 0 Å². The molecule has 3 rings (SSSR count). The van der Waals surface area contributed by atoms with Crippen LogP contribution in [0.2, 0.25) is 5.02 Å². The Morgan fingerprint density at radius 2 is 2.19 bits per heavy atom. The smallest absolute Gasteiger partial charge is 0.257 e. The molecule has 1 saturated carbocycles. The van der Waals surface area contributed by atoms with Crippen molar-refractivity contribution < 1.29 is 13.6 Å². The second kappa shape index (κ2) is 5.53. The van der Waals surface area contributed by atoms with Crippen LogP contribution in [0.25, 0.3) is 0 Å². The van der Waals surface area contributed by atoms with E-state index in [1.54, 1.807) is 30.0 Å².